The number of carbonyl (C=O) groups excluding carboxylic acids is 1. The molecule has 1 amide bonds. The number of aromatic carboxylic acids is 1. The molecule has 0 bridgehead atoms. The molecule has 0 aliphatic carbocycles. The molecule has 114 valence electrons. The van der Waals surface area contributed by atoms with Crippen LogP contribution in [0.4, 0.5) is 5.69 Å². The Labute approximate surface area is 124 Å². The third-order valence-electron chi connectivity index (χ3n) is 3.92. The molecule has 1 aromatic carbocycles. The van der Waals surface area contributed by atoms with Gasteiger partial charge in [-0.3, -0.25) is 4.79 Å². The Hall–Kier alpha value is -1.88. The summed E-state index contributed by atoms with van der Waals surface area (Å²) in [6.07, 6.45) is 1.48. The van der Waals surface area contributed by atoms with E-state index in [1.807, 2.05) is 13.8 Å². The van der Waals surface area contributed by atoms with Crippen LogP contribution in [0.5, 0.6) is 0 Å². The van der Waals surface area contributed by atoms with E-state index in [0.29, 0.717) is 30.7 Å². The highest BCUT2D eigenvalue weighted by Crippen LogP contribution is 2.25. The van der Waals surface area contributed by atoms with Crippen LogP contribution < -0.4 is 5.32 Å². The predicted molar refractivity (Wildman–Crippen MR) is 79.6 cm³/mol. The number of rotatable bonds is 3. The fourth-order valence-corrected chi connectivity index (χ4v) is 2.69. The first-order valence-corrected chi connectivity index (χ1v) is 7.15. The lowest BCUT2D eigenvalue weighted by molar-refractivity contribution is -0.124. The smallest absolute Gasteiger partial charge is 0.336 e. The molecular weight excluding hydrogens is 270 g/mol. The molecule has 5 nitrogen and oxygen atoms in total. The Morgan fingerprint density at radius 2 is 2.00 bits per heavy atom. The van der Waals surface area contributed by atoms with Crippen molar-refractivity contribution >= 4 is 17.6 Å². The van der Waals surface area contributed by atoms with Crippen molar-refractivity contribution < 1.29 is 19.4 Å². The van der Waals surface area contributed by atoms with E-state index in [4.69, 9.17) is 9.84 Å². The Kier molecular flexibility index (Phi) is 4.63. The van der Waals surface area contributed by atoms with Crippen molar-refractivity contribution in [3.05, 3.63) is 28.8 Å². The minimum Gasteiger partial charge on any atom is -0.478 e. The monoisotopic (exact) mass is 291 g/mol. The molecule has 1 fully saturated rings. The molecule has 2 N–H and O–H groups in total. The van der Waals surface area contributed by atoms with Gasteiger partial charge in [-0.2, -0.15) is 0 Å². The maximum atomic E-state index is 12.3. The number of carbonyl (C=O) groups is 2. The first-order chi connectivity index (χ1) is 9.88. The van der Waals surface area contributed by atoms with Crippen LogP contribution in [0, 0.1) is 19.8 Å². The third kappa shape index (κ3) is 3.61. The minimum absolute atomic E-state index is 0.0616. The van der Waals surface area contributed by atoms with E-state index >= 15 is 0 Å². The van der Waals surface area contributed by atoms with Crippen LogP contribution >= 0.6 is 0 Å². The number of nitrogens with one attached hydrogen (secondary N) is 1. The normalized spacial score (nSPS) is 21.9. The van der Waals surface area contributed by atoms with E-state index < -0.39 is 5.97 Å². The summed E-state index contributed by atoms with van der Waals surface area (Å²) in [6.45, 7) is 6.16. The zero-order valence-corrected chi connectivity index (χ0v) is 12.6. The highest BCUT2D eigenvalue weighted by atomic mass is 16.5. The topological polar surface area (TPSA) is 75.6 Å². The quantitative estimate of drug-likeness (QED) is 0.898. The number of carboxylic acids is 1. The van der Waals surface area contributed by atoms with Crippen molar-refractivity contribution in [1.82, 2.24) is 0 Å². The van der Waals surface area contributed by atoms with Crippen LogP contribution in [0.2, 0.25) is 0 Å². The minimum atomic E-state index is -0.984. The number of ether oxygens (including phenoxy) is 1. The Morgan fingerprint density at radius 3 is 2.62 bits per heavy atom. The van der Waals surface area contributed by atoms with E-state index in [2.05, 4.69) is 5.32 Å². The predicted octanol–water partition coefficient (Wildman–Crippen LogP) is 2.76. The average molecular weight is 291 g/mol. The number of benzene rings is 1. The molecule has 1 heterocycles. The van der Waals surface area contributed by atoms with Gasteiger partial charge in [-0.05, 0) is 50.8 Å². The van der Waals surface area contributed by atoms with Crippen molar-refractivity contribution in [3.8, 4) is 0 Å². The van der Waals surface area contributed by atoms with Crippen LogP contribution in [0.1, 0.15) is 41.3 Å². The van der Waals surface area contributed by atoms with Crippen molar-refractivity contribution in [1.29, 1.82) is 0 Å². The fourth-order valence-electron chi connectivity index (χ4n) is 2.69. The van der Waals surface area contributed by atoms with Crippen LogP contribution in [0.15, 0.2) is 12.1 Å². The highest BCUT2D eigenvalue weighted by molar-refractivity contribution is 5.96. The number of hydrogen-bond donors (Lipinski definition) is 2. The Bertz CT molecular complexity index is 568. The summed E-state index contributed by atoms with van der Waals surface area (Å²) < 4.78 is 5.44. The van der Waals surface area contributed by atoms with Gasteiger partial charge < -0.3 is 15.2 Å². The molecular formula is C16H21NO4. The first kappa shape index (κ1) is 15.5. The summed E-state index contributed by atoms with van der Waals surface area (Å²) in [5, 5.41) is 12.0. The lowest BCUT2D eigenvalue weighted by atomic mass is 9.95. The molecule has 2 rings (SSSR count). The summed E-state index contributed by atoms with van der Waals surface area (Å²) in [7, 11) is 0. The van der Waals surface area contributed by atoms with Gasteiger partial charge in [0.2, 0.25) is 5.91 Å². The van der Waals surface area contributed by atoms with Crippen molar-refractivity contribution in [3.63, 3.8) is 0 Å². The van der Waals surface area contributed by atoms with E-state index in [1.165, 1.54) is 6.07 Å². The van der Waals surface area contributed by atoms with Crippen LogP contribution in [0.25, 0.3) is 0 Å². The molecule has 2 atom stereocenters. The largest absolute Gasteiger partial charge is 0.478 e. The number of carboxylic acid groups (broad SMARTS) is 1. The molecule has 0 spiro atoms. The van der Waals surface area contributed by atoms with E-state index in [1.54, 1.807) is 13.0 Å². The molecule has 2 unspecified atom stereocenters. The Morgan fingerprint density at radius 1 is 1.29 bits per heavy atom. The first-order valence-electron chi connectivity index (χ1n) is 7.15. The number of amides is 1. The average Bonchev–Trinajstić information content (AvgIpc) is 2.41. The van der Waals surface area contributed by atoms with E-state index in [9.17, 15) is 9.59 Å². The lowest BCUT2D eigenvalue weighted by Gasteiger charge is -2.26. The second kappa shape index (κ2) is 6.26. The molecule has 1 aliphatic heterocycles. The van der Waals surface area contributed by atoms with Crippen LogP contribution in [-0.2, 0) is 9.53 Å². The van der Waals surface area contributed by atoms with Crippen LogP contribution in [0.3, 0.4) is 0 Å². The van der Waals surface area contributed by atoms with Gasteiger partial charge in [0.05, 0.1) is 11.7 Å². The molecule has 0 aromatic heterocycles. The van der Waals surface area contributed by atoms with Gasteiger partial charge in [-0.1, -0.05) is 6.07 Å². The number of aryl methyl sites for hydroxylation is 2. The zero-order chi connectivity index (χ0) is 15.6. The summed E-state index contributed by atoms with van der Waals surface area (Å²) >= 11 is 0. The maximum absolute atomic E-state index is 12.3. The van der Waals surface area contributed by atoms with Gasteiger partial charge in [0, 0.05) is 18.2 Å². The number of hydrogen-bond acceptors (Lipinski definition) is 3. The summed E-state index contributed by atoms with van der Waals surface area (Å²) in [5.41, 5.74) is 2.35. The van der Waals surface area contributed by atoms with Gasteiger partial charge in [-0.25, -0.2) is 4.79 Å². The van der Waals surface area contributed by atoms with Crippen molar-refractivity contribution in [2.24, 2.45) is 5.92 Å². The van der Waals surface area contributed by atoms with E-state index in [0.717, 1.165) is 5.56 Å². The highest BCUT2D eigenvalue weighted by Gasteiger charge is 2.26. The molecule has 1 aromatic rings. The fraction of sp³-hybridized carbons (Fsp3) is 0.500. The number of anilines is 1. The van der Waals surface area contributed by atoms with Gasteiger partial charge in [0.25, 0.3) is 0 Å². The Balaban J connectivity index is 2.17. The summed E-state index contributed by atoms with van der Waals surface area (Å²) in [4.78, 5) is 23.5. The standard InChI is InChI=1S/C16H21NO4/c1-9-6-10(2)14(8-13(9)16(19)20)17-15(18)12-4-5-21-11(3)7-12/h6,8,11-12H,4-5,7H2,1-3H3,(H,17,18)(H,19,20). The van der Waals surface area contributed by atoms with Gasteiger partial charge in [0.15, 0.2) is 0 Å². The van der Waals surface area contributed by atoms with Gasteiger partial charge in [-0.15, -0.1) is 0 Å². The van der Waals surface area contributed by atoms with Crippen LogP contribution in [-0.4, -0.2) is 29.7 Å². The summed E-state index contributed by atoms with van der Waals surface area (Å²) in [5.74, 6) is -1.13. The second-order valence-electron chi connectivity index (χ2n) is 5.68. The molecule has 0 radical (unpaired) electrons. The maximum Gasteiger partial charge on any atom is 0.336 e. The van der Waals surface area contributed by atoms with Gasteiger partial charge >= 0.3 is 5.97 Å². The lowest BCUT2D eigenvalue weighted by Crippen LogP contribution is -2.32. The van der Waals surface area contributed by atoms with E-state index in [-0.39, 0.29) is 23.5 Å². The van der Waals surface area contributed by atoms with Crippen molar-refractivity contribution in [2.75, 3.05) is 11.9 Å². The molecule has 5 heteroatoms. The zero-order valence-electron chi connectivity index (χ0n) is 12.6. The second-order valence-corrected chi connectivity index (χ2v) is 5.68. The molecule has 1 aliphatic rings. The molecule has 0 saturated carbocycles. The molecule has 1 saturated heterocycles. The summed E-state index contributed by atoms with van der Waals surface area (Å²) in [6, 6.07) is 3.32. The SMILES string of the molecule is Cc1cc(C)c(C(=O)O)cc1NC(=O)C1CCOC(C)C1. The third-order valence-corrected chi connectivity index (χ3v) is 3.92. The van der Waals surface area contributed by atoms with Crippen molar-refractivity contribution in [2.45, 2.75) is 39.7 Å². The molecule has 21 heavy (non-hydrogen) atoms. The van der Waals surface area contributed by atoms with Gasteiger partial charge in [0.1, 0.15) is 0 Å².